The molecule has 0 aliphatic rings. The van der Waals surface area contributed by atoms with Gasteiger partial charge in [-0.2, -0.15) is 8.78 Å². The minimum atomic E-state index is -4.93. The SMILES string of the molecule is O=C(Cn1c(SC(F)F)nc2ccccc21)Nc1ccccc1OC(F)(F)F. The lowest BCUT2D eigenvalue weighted by Crippen LogP contribution is -2.22. The van der Waals surface area contributed by atoms with Gasteiger partial charge in [0, 0.05) is 0 Å². The zero-order valence-corrected chi connectivity index (χ0v) is 14.7. The second-order valence-electron chi connectivity index (χ2n) is 5.44. The number of imidazole rings is 1. The van der Waals surface area contributed by atoms with E-state index in [0.29, 0.717) is 11.0 Å². The Kier molecular flexibility index (Phi) is 5.73. The van der Waals surface area contributed by atoms with Crippen molar-refractivity contribution in [2.24, 2.45) is 0 Å². The van der Waals surface area contributed by atoms with Crippen LogP contribution in [0.3, 0.4) is 0 Å². The highest BCUT2D eigenvalue weighted by Crippen LogP contribution is 2.31. The van der Waals surface area contributed by atoms with Crippen LogP contribution in [0.2, 0.25) is 0 Å². The fourth-order valence-corrected chi connectivity index (χ4v) is 3.09. The van der Waals surface area contributed by atoms with Gasteiger partial charge in [-0.15, -0.1) is 13.2 Å². The number of carbonyl (C=O) groups is 1. The average Bonchev–Trinajstić information content (AvgIpc) is 2.92. The molecular formula is C17H12F5N3O2S. The van der Waals surface area contributed by atoms with Crippen LogP contribution in [0.15, 0.2) is 53.7 Å². The van der Waals surface area contributed by atoms with Gasteiger partial charge in [0.1, 0.15) is 6.54 Å². The van der Waals surface area contributed by atoms with Crippen LogP contribution in [0.1, 0.15) is 0 Å². The summed E-state index contributed by atoms with van der Waals surface area (Å²) in [4.78, 5) is 16.5. The number of fused-ring (bicyclic) bond motifs is 1. The summed E-state index contributed by atoms with van der Waals surface area (Å²) in [5.74, 6) is -4.06. The number of halogens is 5. The van der Waals surface area contributed by atoms with Gasteiger partial charge >= 0.3 is 6.36 Å². The number of amides is 1. The van der Waals surface area contributed by atoms with Gasteiger partial charge in [0.25, 0.3) is 5.76 Å². The predicted octanol–water partition coefficient (Wildman–Crippen LogP) is 4.89. The zero-order valence-electron chi connectivity index (χ0n) is 13.9. The van der Waals surface area contributed by atoms with Crippen LogP contribution in [0.5, 0.6) is 5.75 Å². The number of para-hydroxylation sites is 4. The van der Waals surface area contributed by atoms with E-state index in [1.807, 2.05) is 0 Å². The minimum Gasteiger partial charge on any atom is -0.404 e. The third-order valence-corrected chi connectivity index (χ3v) is 4.20. The molecule has 0 aliphatic carbocycles. The van der Waals surface area contributed by atoms with Crippen molar-refractivity contribution in [1.82, 2.24) is 9.55 Å². The molecule has 1 aromatic heterocycles. The van der Waals surface area contributed by atoms with Gasteiger partial charge in [-0.1, -0.05) is 24.3 Å². The number of hydrogen-bond donors (Lipinski definition) is 1. The van der Waals surface area contributed by atoms with E-state index in [1.165, 1.54) is 22.8 Å². The first kappa shape index (κ1) is 19.9. The first-order chi connectivity index (χ1) is 13.2. The summed E-state index contributed by atoms with van der Waals surface area (Å²) >= 11 is 0.175. The maximum atomic E-state index is 12.8. The number of hydrogen-bond acceptors (Lipinski definition) is 4. The monoisotopic (exact) mass is 417 g/mol. The van der Waals surface area contributed by atoms with E-state index in [9.17, 15) is 26.7 Å². The Morgan fingerprint density at radius 1 is 1.14 bits per heavy atom. The van der Waals surface area contributed by atoms with Gasteiger partial charge in [-0.3, -0.25) is 4.79 Å². The van der Waals surface area contributed by atoms with Crippen LogP contribution in [-0.2, 0) is 11.3 Å². The average molecular weight is 417 g/mol. The molecule has 148 valence electrons. The normalized spacial score (nSPS) is 11.8. The lowest BCUT2D eigenvalue weighted by atomic mass is 10.3. The van der Waals surface area contributed by atoms with Crippen LogP contribution in [-0.4, -0.2) is 27.6 Å². The number of benzene rings is 2. The molecule has 3 aromatic rings. The Morgan fingerprint density at radius 2 is 1.82 bits per heavy atom. The Morgan fingerprint density at radius 3 is 2.54 bits per heavy atom. The molecule has 28 heavy (non-hydrogen) atoms. The summed E-state index contributed by atoms with van der Waals surface area (Å²) < 4.78 is 68.2. The number of alkyl halides is 5. The Balaban J connectivity index is 1.85. The predicted molar refractivity (Wildman–Crippen MR) is 93.3 cm³/mol. The zero-order chi connectivity index (χ0) is 20.3. The number of rotatable bonds is 6. The molecule has 0 unspecified atom stereocenters. The maximum Gasteiger partial charge on any atom is 0.573 e. The first-order valence-electron chi connectivity index (χ1n) is 7.77. The topological polar surface area (TPSA) is 56.2 Å². The van der Waals surface area contributed by atoms with Crippen molar-refractivity contribution in [2.75, 3.05) is 5.32 Å². The van der Waals surface area contributed by atoms with E-state index < -0.39 is 30.3 Å². The van der Waals surface area contributed by atoms with Crippen molar-refractivity contribution in [3.8, 4) is 5.75 Å². The third kappa shape index (κ3) is 4.91. The smallest absolute Gasteiger partial charge is 0.404 e. The molecule has 0 saturated carbocycles. The summed E-state index contributed by atoms with van der Waals surface area (Å²) in [6.07, 6.45) is -4.93. The Bertz CT molecular complexity index is 990. The highest BCUT2D eigenvalue weighted by atomic mass is 32.2. The van der Waals surface area contributed by atoms with E-state index in [1.54, 1.807) is 24.3 Å². The molecule has 0 radical (unpaired) electrons. The Labute approximate surface area is 159 Å². The summed E-state index contributed by atoms with van der Waals surface area (Å²) in [5.41, 5.74) is 0.664. The van der Waals surface area contributed by atoms with E-state index in [-0.39, 0.29) is 22.6 Å². The van der Waals surface area contributed by atoms with Crippen molar-refractivity contribution in [3.05, 3.63) is 48.5 Å². The van der Waals surface area contributed by atoms with Gasteiger partial charge in [-0.25, -0.2) is 4.98 Å². The summed E-state index contributed by atoms with van der Waals surface area (Å²) in [6.45, 7) is -0.421. The number of anilines is 1. The molecule has 0 bridgehead atoms. The van der Waals surface area contributed by atoms with Crippen molar-refractivity contribution < 1.29 is 31.5 Å². The van der Waals surface area contributed by atoms with Crippen molar-refractivity contribution >= 4 is 34.4 Å². The highest BCUT2D eigenvalue weighted by Gasteiger charge is 2.32. The number of thioether (sulfide) groups is 1. The minimum absolute atomic E-state index is 0.0776. The Hall–Kier alpha value is -2.82. The van der Waals surface area contributed by atoms with Crippen molar-refractivity contribution in [2.45, 2.75) is 23.8 Å². The number of carbonyl (C=O) groups excluding carboxylic acids is 1. The standard InChI is InChI=1S/C17H12F5N3O2S/c18-15(19)28-16-24-10-5-1-3-7-12(10)25(16)9-14(26)23-11-6-2-4-8-13(11)27-17(20,21)22/h1-8,15H,9H2,(H,23,26). The van der Waals surface area contributed by atoms with Gasteiger partial charge in [0.05, 0.1) is 16.7 Å². The van der Waals surface area contributed by atoms with Crippen LogP contribution >= 0.6 is 11.8 Å². The molecule has 0 spiro atoms. The second-order valence-corrected chi connectivity index (χ2v) is 6.40. The van der Waals surface area contributed by atoms with Gasteiger partial charge in [0.15, 0.2) is 10.9 Å². The lowest BCUT2D eigenvalue weighted by Gasteiger charge is -2.14. The molecule has 1 N–H and O–H groups in total. The largest absolute Gasteiger partial charge is 0.573 e. The molecule has 2 aromatic carbocycles. The summed E-state index contributed by atoms with van der Waals surface area (Å²) in [6, 6.07) is 11.6. The number of nitrogens with one attached hydrogen (secondary N) is 1. The molecule has 0 fully saturated rings. The van der Waals surface area contributed by atoms with E-state index in [0.717, 1.165) is 6.07 Å². The van der Waals surface area contributed by atoms with E-state index in [4.69, 9.17) is 0 Å². The molecule has 11 heteroatoms. The summed E-state index contributed by atoms with van der Waals surface area (Å²) in [5, 5.41) is 2.23. The lowest BCUT2D eigenvalue weighted by molar-refractivity contribution is -0.274. The van der Waals surface area contributed by atoms with Crippen LogP contribution in [0.25, 0.3) is 11.0 Å². The molecule has 1 heterocycles. The van der Waals surface area contributed by atoms with Crippen molar-refractivity contribution in [3.63, 3.8) is 0 Å². The molecule has 1 amide bonds. The van der Waals surface area contributed by atoms with E-state index >= 15 is 0 Å². The van der Waals surface area contributed by atoms with Crippen LogP contribution < -0.4 is 10.1 Å². The fourth-order valence-electron chi connectivity index (χ4n) is 2.49. The maximum absolute atomic E-state index is 12.8. The van der Waals surface area contributed by atoms with Gasteiger partial charge in [-0.05, 0) is 36.0 Å². The molecule has 0 atom stereocenters. The van der Waals surface area contributed by atoms with Crippen LogP contribution in [0, 0.1) is 0 Å². The number of nitrogens with zero attached hydrogens (tertiary/aromatic N) is 2. The number of ether oxygens (including phenoxy) is 1. The molecular weight excluding hydrogens is 405 g/mol. The molecule has 3 rings (SSSR count). The molecule has 0 saturated heterocycles. The molecule has 0 aliphatic heterocycles. The fraction of sp³-hybridized carbons (Fsp3) is 0.176. The van der Waals surface area contributed by atoms with Gasteiger partial charge in [0.2, 0.25) is 5.91 Å². The molecule has 5 nitrogen and oxygen atoms in total. The van der Waals surface area contributed by atoms with E-state index in [2.05, 4.69) is 15.0 Å². The number of aromatic nitrogens is 2. The third-order valence-electron chi connectivity index (χ3n) is 3.50. The first-order valence-corrected chi connectivity index (χ1v) is 8.65. The van der Waals surface area contributed by atoms with Crippen LogP contribution in [0.4, 0.5) is 27.6 Å². The van der Waals surface area contributed by atoms with Gasteiger partial charge < -0.3 is 14.6 Å². The quantitative estimate of drug-likeness (QED) is 0.459. The second kappa shape index (κ2) is 8.05. The van der Waals surface area contributed by atoms with Crippen molar-refractivity contribution in [1.29, 1.82) is 0 Å². The highest BCUT2D eigenvalue weighted by molar-refractivity contribution is 7.99. The summed E-state index contributed by atoms with van der Waals surface area (Å²) in [7, 11) is 0.